The van der Waals surface area contributed by atoms with Gasteiger partial charge in [0.25, 0.3) is 11.8 Å². The Balaban J connectivity index is 1.22. The summed E-state index contributed by atoms with van der Waals surface area (Å²) in [6.45, 7) is 2.11. The zero-order valence-electron chi connectivity index (χ0n) is 28.3. The maximum Gasteiger partial charge on any atom is 0.335 e. The van der Waals surface area contributed by atoms with E-state index in [-0.39, 0.29) is 24.0 Å². The van der Waals surface area contributed by atoms with Gasteiger partial charge in [0, 0.05) is 42.2 Å². The van der Waals surface area contributed by atoms with Gasteiger partial charge < -0.3 is 14.4 Å². The molecule has 51 heavy (non-hydrogen) atoms. The van der Waals surface area contributed by atoms with Gasteiger partial charge in [0.1, 0.15) is 23.7 Å². The summed E-state index contributed by atoms with van der Waals surface area (Å²) in [6, 6.07) is 38.8. The van der Waals surface area contributed by atoms with Crippen molar-refractivity contribution < 1.29 is 23.9 Å². The largest absolute Gasteiger partial charge is 0.497 e. The van der Waals surface area contributed by atoms with Gasteiger partial charge in [-0.15, -0.1) is 0 Å². The third-order valence-corrected chi connectivity index (χ3v) is 10.1. The minimum absolute atomic E-state index is 0.0777. The standard InChI is InChI=1S/C43H37N3O5/c1-50-33-18-17-31(39(26-33)51-27-28-11-5-2-6-12-28)23-38-41(47)44-43(49)46(42(38)48)32-24-36-34(29-13-7-3-8-14-29)19-21-45-22-20-35(37(25-32)40(36)45)30-15-9-4-10-16-30/h2-18,23-26,34-35H,19-22,27H2,1H3,(H,44,47,49)/b38-23+/t34-,35-/m1/s1. The van der Waals surface area contributed by atoms with E-state index in [4.69, 9.17) is 9.47 Å². The van der Waals surface area contributed by atoms with Crippen LogP contribution in [0.25, 0.3) is 6.08 Å². The van der Waals surface area contributed by atoms with E-state index in [1.807, 2.05) is 78.9 Å². The molecule has 2 atom stereocenters. The summed E-state index contributed by atoms with van der Waals surface area (Å²) in [5.74, 6) is -0.306. The number of amides is 4. The first kappa shape index (κ1) is 32.1. The molecule has 3 heterocycles. The molecule has 5 aromatic carbocycles. The number of imide groups is 2. The molecule has 0 aromatic heterocycles. The number of rotatable bonds is 8. The summed E-state index contributed by atoms with van der Waals surface area (Å²) < 4.78 is 11.6. The monoisotopic (exact) mass is 675 g/mol. The second-order valence-electron chi connectivity index (χ2n) is 13.1. The van der Waals surface area contributed by atoms with Crippen molar-refractivity contribution in [2.45, 2.75) is 31.3 Å². The van der Waals surface area contributed by atoms with Crippen LogP contribution in [-0.4, -0.2) is 38.0 Å². The molecule has 4 amide bonds. The number of hydrogen-bond acceptors (Lipinski definition) is 6. The smallest absolute Gasteiger partial charge is 0.335 e. The van der Waals surface area contributed by atoms with Gasteiger partial charge in [0.2, 0.25) is 0 Å². The number of carbonyl (C=O) groups excluding carboxylic acids is 3. The van der Waals surface area contributed by atoms with Crippen molar-refractivity contribution in [3.05, 3.63) is 160 Å². The quantitative estimate of drug-likeness (QED) is 0.133. The van der Waals surface area contributed by atoms with Gasteiger partial charge >= 0.3 is 6.03 Å². The SMILES string of the molecule is COc1ccc(/C=C2\C(=O)NC(=O)N(c3cc4c5c(c3)[C@@H](c3ccccc3)CCN5CC[C@@H]4c3ccccc3)C2=O)c(OCc2ccccc2)c1. The van der Waals surface area contributed by atoms with E-state index in [2.05, 4.69) is 34.5 Å². The lowest BCUT2D eigenvalue weighted by atomic mass is 9.76. The average molecular weight is 676 g/mol. The van der Waals surface area contributed by atoms with E-state index in [1.165, 1.54) is 22.9 Å². The van der Waals surface area contributed by atoms with Gasteiger partial charge in [-0.1, -0.05) is 91.0 Å². The van der Waals surface area contributed by atoms with E-state index in [0.29, 0.717) is 22.7 Å². The summed E-state index contributed by atoms with van der Waals surface area (Å²) in [7, 11) is 1.56. The van der Waals surface area contributed by atoms with Gasteiger partial charge in [-0.05, 0) is 71.0 Å². The van der Waals surface area contributed by atoms with Crippen LogP contribution in [0.5, 0.6) is 11.5 Å². The van der Waals surface area contributed by atoms with Crippen molar-refractivity contribution >= 4 is 35.3 Å². The van der Waals surface area contributed by atoms with Gasteiger partial charge in [-0.2, -0.15) is 0 Å². The fourth-order valence-corrected chi connectivity index (χ4v) is 7.64. The van der Waals surface area contributed by atoms with E-state index < -0.39 is 17.8 Å². The van der Waals surface area contributed by atoms with Crippen LogP contribution in [0.3, 0.4) is 0 Å². The number of urea groups is 1. The summed E-state index contributed by atoms with van der Waals surface area (Å²) in [6.07, 6.45) is 3.30. The fraction of sp³-hybridized carbons (Fsp3) is 0.186. The summed E-state index contributed by atoms with van der Waals surface area (Å²) in [4.78, 5) is 45.0. The third-order valence-electron chi connectivity index (χ3n) is 10.1. The fourth-order valence-electron chi connectivity index (χ4n) is 7.64. The molecular weight excluding hydrogens is 638 g/mol. The number of nitrogens with zero attached hydrogens (tertiary/aromatic N) is 2. The van der Waals surface area contributed by atoms with Crippen LogP contribution in [0.15, 0.2) is 127 Å². The van der Waals surface area contributed by atoms with Crippen molar-refractivity contribution in [3.63, 3.8) is 0 Å². The first-order chi connectivity index (χ1) is 25.0. The summed E-state index contributed by atoms with van der Waals surface area (Å²) >= 11 is 0. The molecule has 5 aromatic rings. The molecule has 1 N–H and O–H groups in total. The summed E-state index contributed by atoms with van der Waals surface area (Å²) in [5.41, 5.74) is 7.43. The maximum absolute atomic E-state index is 14.4. The highest BCUT2D eigenvalue weighted by Gasteiger charge is 2.40. The van der Waals surface area contributed by atoms with Crippen LogP contribution in [0, 0.1) is 0 Å². The predicted molar refractivity (Wildman–Crippen MR) is 197 cm³/mol. The molecule has 8 nitrogen and oxygen atoms in total. The minimum Gasteiger partial charge on any atom is -0.497 e. The lowest BCUT2D eigenvalue weighted by molar-refractivity contribution is -0.122. The Morgan fingerprint density at radius 2 is 1.33 bits per heavy atom. The Morgan fingerprint density at radius 1 is 0.745 bits per heavy atom. The van der Waals surface area contributed by atoms with Crippen LogP contribution >= 0.6 is 0 Å². The molecule has 1 saturated heterocycles. The highest BCUT2D eigenvalue weighted by molar-refractivity contribution is 6.39. The molecule has 0 bridgehead atoms. The topological polar surface area (TPSA) is 88.2 Å². The third kappa shape index (κ3) is 6.14. The van der Waals surface area contributed by atoms with Gasteiger partial charge in [-0.3, -0.25) is 14.9 Å². The Labute approximate surface area is 296 Å². The molecule has 0 unspecified atom stereocenters. The molecule has 3 aliphatic heterocycles. The van der Waals surface area contributed by atoms with Gasteiger partial charge in [0.05, 0.1) is 12.8 Å². The molecule has 8 heteroatoms. The zero-order valence-corrected chi connectivity index (χ0v) is 28.3. The van der Waals surface area contributed by atoms with E-state index >= 15 is 0 Å². The Hall–Kier alpha value is -6.15. The lowest BCUT2D eigenvalue weighted by Crippen LogP contribution is -2.54. The second kappa shape index (κ2) is 13.6. The number of nitrogens with one attached hydrogen (secondary N) is 1. The molecule has 3 aliphatic rings. The molecule has 1 fully saturated rings. The average Bonchev–Trinajstić information content (AvgIpc) is 3.17. The number of carbonyl (C=O) groups is 3. The maximum atomic E-state index is 14.4. The van der Waals surface area contributed by atoms with Crippen molar-refractivity contribution in [1.29, 1.82) is 0 Å². The Bertz CT molecular complexity index is 2080. The summed E-state index contributed by atoms with van der Waals surface area (Å²) in [5, 5.41) is 2.44. The molecule has 254 valence electrons. The number of methoxy groups -OCH3 is 1. The van der Waals surface area contributed by atoms with Crippen molar-refractivity contribution in [3.8, 4) is 11.5 Å². The van der Waals surface area contributed by atoms with Crippen LogP contribution < -0.4 is 24.6 Å². The predicted octanol–water partition coefficient (Wildman–Crippen LogP) is 7.82. The number of barbiturate groups is 1. The van der Waals surface area contributed by atoms with Crippen LogP contribution in [0.2, 0.25) is 0 Å². The molecule has 0 aliphatic carbocycles. The van der Waals surface area contributed by atoms with Crippen molar-refractivity contribution in [2.75, 3.05) is 30.0 Å². The number of hydrogen-bond donors (Lipinski definition) is 1. The Morgan fingerprint density at radius 3 is 1.92 bits per heavy atom. The molecule has 0 spiro atoms. The van der Waals surface area contributed by atoms with Crippen LogP contribution in [-0.2, 0) is 16.2 Å². The van der Waals surface area contributed by atoms with E-state index in [9.17, 15) is 14.4 Å². The zero-order chi connectivity index (χ0) is 34.9. The number of benzene rings is 5. The van der Waals surface area contributed by atoms with Crippen molar-refractivity contribution in [1.82, 2.24) is 5.32 Å². The first-order valence-electron chi connectivity index (χ1n) is 17.3. The second-order valence-corrected chi connectivity index (χ2v) is 13.1. The molecule has 0 radical (unpaired) electrons. The highest BCUT2D eigenvalue weighted by atomic mass is 16.5. The van der Waals surface area contributed by atoms with Crippen molar-refractivity contribution in [2.24, 2.45) is 0 Å². The number of anilines is 2. The normalized spacial score (nSPS) is 19.1. The minimum atomic E-state index is -0.777. The van der Waals surface area contributed by atoms with Crippen LogP contribution in [0.4, 0.5) is 16.2 Å². The molecule has 8 rings (SSSR count). The number of ether oxygens (including phenoxy) is 2. The van der Waals surface area contributed by atoms with E-state index in [0.717, 1.165) is 47.5 Å². The van der Waals surface area contributed by atoms with E-state index in [1.54, 1.807) is 25.3 Å². The first-order valence-corrected chi connectivity index (χ1v) is 17.3. The van der Waals surface area contributed by atoms with Gasteiger partial charge in [0.15, 0.2) is 0 Å². The van der Waals surface area contributed by atoms with Gasteiger partial charge in [-0.25, -0.2) is 9.69 Å². The molecule has 0 saturated carbocycles. The molecular formula is C43H37N3O5. The Kier molecular flexibility index (Phi) is 8.57. The lowest BCUT2D eigenvalue weighted by Gasteiger charge is -2.44. The highest BCUT2D eigenvalue weighted by Crippen LogP contribution is 2.50. The van der Waals surface area contributed by atoms with Crippen LogP contribution in [0.1, 0.15) is 58.1 Å².